The lowest BCUT2D eigenvalue weighted by Gasteiger charge is -2.24. The average molecular weight is 521 g/mol. The molecule has 0 aliphatic carbocycles. The molecule has 0 N–H and O–H groups in total. The zero-order chi connectivity index (χ0) is 26.5. The maximum absolute atomic E-state index is 13.7. The summed E-state index contributed by atoms with van der Waals surface area (Å²) in [4.78, 5) is 31.9. The van der Waals surface area contributed by atoms with Gasteiger partial charge in [0.05, 0.1) is 42.7 Å². The van der Waals surface area contributed by atoms with Gasteiger partial charge in [0, 0.05) is 0 Å². The molecule has 1 aromatic heterocycles. The van der Waals surface area contributed by atoms with Gasteiger partial charge in [0.1, 0.15) is 12.4 Å². The molecule has 8 nitrogen and oxygen atoms in total. The molecule has 0 saturated heterocycles. The topological polar surface area (TPSA) is 88.4 Å². The van der Waals surface area contributed by atoms with Crippen LogP contribution in [0.5, 0.6) is 17.2 Å². The van der Waals surface area contributed by atoms with Gasteiger partial charge in [0.2, 0.25) is 0 Å². The number of aromatic nitrogens is 1. The lowest BCUT2D eigenvalue weighted by Crippen LogP contribution is -2.39. The van der Waals surface area contributed by atoms with E-state index in [1.165, 1.54) is 11.3 Å². The number of ether oxygens (including phenoxy) is 4. The normalized spacial score (nSPS) is 15.0. The maximum atomic E-state index is 13.7. The number of carbonyl (C=O) groups excluding carboxylic acids is 1. The Kier molecular flexibility index (Phi) is 7.93. The number of rotatable bonds is 9. The second-order valence-electron chi connectivity index (χ2n) is 8.09. The highest BCUT2D eigenvalue weighted by Crippen LogP contribution is 2.32. The Hall–Kier alpha value is -4.11. The van der Waals surface area contributed by atoms with Crippen LogP contribution in [0.1, 0.15) is 31.0 Å². The van der Waals surface area contributed by atoms with Gasteiger partial charge < -0.3 is 18.9 Å². The third-order valence-corrected chi connectivity index (χ3v) is 6.77. The zero-order valence-electron chi connectivity index (χ0n) is 21.1. The molecule has 0 bridgehead atoms. The van der Waals surface area contributed by atoms with E-state index in [9.17, 15) is 9.59 Å². The predicted molar refractivity (Wildman–Crippen MR) is 142 cm³/mol. The monoisotopic (exact) mass is 520 g/mol. The Morgan fingerprint density at radius 3 is 2.51 bits per heavy atom. The lowest BCUT2D eigenvalue weighted by molar-refractivity contribution is -0.139. The second kappa shape index (κ2) is 11.3. The minimum absolute atomic E-state index is 0.209. The van der Waals surface area contributed by atoms with E-state index < -0.39 is 12.0 Å². The molecule has 3 aromatic rings. The Balaban J connectivity index is 1.87. The summed E-state index contributed by atoms with van der Waals surface area (Å²) in [7, 11) is 3.13. The summed E-state index contributed by atoms with van der Waals surface area (Å²) in [5.74, 6) is 1.30. The molecule has 0 spiro atoms. The van der Waals surface area contributed by atoms with Gasteiger partial charge in [-0.05, 0) is 55.3 Å². The molecule has 0 amide bonds. The number of hydrogen-bond donors (Lipinski definition) is 0. The third-order valence-electron chi connectivity index (χ3n) is 5.79. The fourth-order valence-corrected chi connectivity index (χ4v) is 5.15. The van der Waals surface area contributed by atoms with Crippen molar-refractivity contribution in [3.05, 3.63) is 97.2 Å². The Morgan fingerprint density at radius 1 is 1.14 bits per heavy atom. The molecule has 2 heterocycles. The number of benzene rings is 2. The summed E-state index contributed by atoms with van der Waals surface area (Å²) >= 11 is 1.26. The van der Waals surface area contributed by atoms with Crippen molar-refractivity contribution >= 4 is 23.4 Å². The number of esters is 1. The van der Waals surface area contributed by atoms with Crippen LogP contribution in [0, 0.1) is 0 Å². The van der Waals surface area contributed by atoms with Crippen LogP contribution in [0.4, 0.5) is 0 Å². The van der Waals surface area contributed by atoms with Crippen LogP contribution in [0.15, 0.2) is 76.2 Å². The first-order chi connectivity index (χ1) is 17.9. The predicted octanol–water partition coefficient (Wildman–Crippen LogP) is 3.38. The molecule has 9 heteroatoms. The minimum atomic E-state index is -0.698. The SMILES string of the molecule is C=CCOc1ccc([C@H]2C(C(=O)OCC)=C(C)N=c3s/c(=C\c4ccc(OC)c(OC)c4)c(=O)n32)cc1. The Morgan fingerprint density at radius 2 is 1.86 bits per heavy atom. The highest BCUT2D eigenvalue weighted by molar-refractivity contribution is 7.07. The van der Waals surface area contributed by atoms with Crippen LogP contribution >= 0.6 is 11.3 Å². The molecule has 0 fully saturated rings. The van der Waals surface area contributed by atoms with Gasteiger partial charge in [-0.25, -0.2) is 9.79 Å². The molecule has 192 valence electrons. The summed E-state index contributed by atoms with van der Waals surface area (Å²) in [6.07, 6.45) is 3.44. The van der Waals surface area contributed by atoms with Crippen molar-refractivity contribution in [1.82, 2.24) is 4.57 Å². The number of thiazole rings is 1. The zero-order valence-corrected chi connectivity index (χ0v) is 22.0. The van der Waals surface area contributed by atoms with Gasteiger partial charge in [0.15, 0.2) is 16.3 Å². The van der Waals surface area contributed by atoms with Crippen molar-refractivity contribution in [2.75, 3.05) is 27.4 Å². The van der Waals surface area contributed by atoms with E-state index in [4.69, 9.17) is 18.9 Å². The maximum Gasteiger partial charge on any atom is 0.338 e. The number of allylic oxidation sites excluding steroid dienone is 1. The highest BCUT2D eigenvalue weighted by Gasteiger charge is 2.33. The van der Waals surface area contributed by atoms with Gasteiger partial charge in [0.25, 0.3) is 5.56 Å². The number of carbonyl (C=O) groups is 1. The van der Waals surface area contributed by atoms with Crippen molar-refractivity contribution in [2.45, 2.75) is 19.9 Å². The third kappa shape index (κ3) is 5.22. The van der Waals surface area contributed by atoms with E-state index >= 15 is 0 Å². The first kappa shape index (κ1) is 26.0. The van der Waals surface area contributed by atoms with E-state index in [2.05, 4.69) is 11.6 Å². The second-order valence-corrected chi connectivity index (χ2v) is 9.09. The van der Waals surface area contributed by atoms with Crippen LogP contribution in [-0.4, -0.2) is 38.0 Å². The molecule has 37 heavy (non-hydrogen) atoms. The van der Waals surface area contributed by atoms with Gasteiger partial charge in [-0.3, -0.25) is 9.36 Å². The molecule has 0 unspecified atom stereocenters. The van der Waals surface area contributed by atoms with Crippen LogP contribution in [-0.2, 0) is 9.53 Å². The lowest BCUT2D eigenvalue weighted by atomic mass is 9.96. The summed E-state index contributed by atoms with van der Waals surface area (Å²) in [5.41, 5.74) is 2.08. The molecular weight excluding hydrogens is 492 g/mol. The van der Waals surface area contributed by atoms with Crippen molar-refractivity contribution in [1.29, 1.82) is 0 Å². The van der Waals surface area contributed by atoms with Crippen molar-refractivity contribution in [3.63, 3.8) is 0 Å². The van der Waals surface area contributed by atoms with Crippen molar-refractivity contribution in [3.8, 4) is 17.2 Å². The van der Waals surface area contributed by atoms with E-state index in [1.54, 1.807) is 69.1 Å². The van der Waals surface area contributed by atoms with Gasteiger partial charge in [-0.1, -0.05) is 42.2 Å². The first-order valence-electron chi connectivity index (χ1n) is 11.7. The quantitative estimate of drug-likeness (QED) is 0.318. The molecule has 2 aromatic carbocycles. The van der Waals surface area contributed by atoms with E-state index in [0.717, 1.165) is 11.1 Å². The fraction of sp³-hybridized carbons (Fsp3) is 0.250. The van der Waals surface area contributed by atoms with Crippen LogP contribution in [0.2, 0.25) is 0 Å². The largest absolute Gasteiger partial charge is 0.493 e. The van der Waals surface area contributed by atoms with Gasteiger partial charge in [-0.2, -0.15) is 0 Å². The number of methoxy groups -OCH3 is 2. The van der Waals surface area contributed by atoms with Crippen LogP contribution < -0.4 is 29.1 Å². The summed E-state index contributed by atoms with van der Waals surface area (Å²) in [6, 6.07) is 12.0. The Bertz CT molecular complexity index is 1530. The van der Waals surface area contributed by atoms with E-state index in [-0.39, 0.29) is 12.2 Å². The highest BCUT2D eigenvalue weighted by atomic mass is 32.1. The molecule has 0 radical (unpaired) electrons. The first-order valence-corrected chi connectivity index (χ1v) is 12.5. The molecule has 4 rings (SSSR count). The van der Waals surface area contributed by atoms with Crippen LogP contribution in [0.25, 0.3) is 6.08 Å². The smallest absolute Gasteiger partial charge is 0.338 e. The van der Waals surface area contributed by atoms with Gasteiger partial charge in [-0.15, -0.1) is 0 Å². The number of fused-ring (bicyclic) bond motifs is 1. The summed E-state index contributed by atoms with van der Waals surface area (Å²) in [6.45, 7) is 7.74. The minimum Gasteiger partial charge on any atom is -0.493 e. The average Bonchev–Trinajstić information content (AvgIpc) is 3.21. The van der Waals surface area contributed by atoms with Gasteiger partial charge >= 0.3 is 5.97 Å². The number of hydrogen-bond acceptors (Lipinski definition) is 8. The molecule has 1 aliphatic heterocycles. The van der Waals surface area contributed by atoms with Crippen LogP contribution in [0.3, 0.4) is 0 Å². The van der Waals surface area contributed by atoms with Crippen molar-refractivity contribution < 1.29 is 23.7 Å². The van der Waals surface area contributed by atoms with E-state index in [0.29, 0.717) is 44.5 Å². The molecule has 0 saturated carbocycles. The Labute approximate surface area is 218 Å². The molecule has 1 atom stereocenters. The van der Waals surface area contributed by atoms with Crippen molar-refractivity contribution in [2.24, 2.45) is 4.99 Å². The summed E-state index contributed by atoms with van der Waals surface area (Å²) < 4.78 is 23.7. The molecule has 1 aliphatic rings. The number of nitrogens with zero attached hydrogens (tertiary/aromatic N) is 2. The fourth-order valence-electron chi connectivity index (χ4n) is 4.10. The molecular formula is C28H28N2O6S. The standard InChI is InChI=1S/C28H28N2O6S/c1-6-14-36-20-11-9-19(10-12-20)25-24(27(32)35-7-2)17(3)29-28-30(25)26(31)23(37-28)16-18-8-13-21(33-4)22(15-18)34-5/h6,8-13,15-16,25H,1,7,14H2,2-5H3/b23-16-/t25-/m0/s1. The summed E-state index contributed by atoms with van der Waals surface area (Å²) in [5, 5.41) is 0. The van der Waals surface area contributed by atoms with E-state index in [1.807, 2.05) is 18.2 Å².